The third kappa shape index (κ3) is 2.64. The van der Waals surface area contributed by atoms with E-state index >= 15 is 0 Å². The molecule has 64 valence electrons. The Balaban J connectivity index is 2.23. The van der Waals surface area contributed by atoms with Crippen LogP contribution >= 0.6 is 0 Å². The molecule has 2 heteroatoms. The van der Waals surface area contributed by atoms with Crippen molar-refractivity contribution in [3.05, 3.63) is 12.2 Å². The molecule has 2 nitrogen and oxygen atoms in total. The Bertz CT molecular complexity index is 134. The largest absolute Gasteiger partial charge is 0.315 e. The van der Waals surface area contributed by atoms with Gasteiger partial charge in [-0.3, -0.25) is 0 Å². The summed E-state index contributed by atoms with van der Waals surface area (Å²) in [6.45, 7) is 7.58. The van der Waals surface area contributed by atoms with E-state index in [1.54, 1.807) is 0 Å². The molecule has 1 fully saturated rings. The molecule has 0 spiro atoms. The number of rotatable bonds is 3. The first-order valence-corrected chi connectivity index (χ1v) is 4.34. The highest BCUT2D eigenvalue weighted by atomic mass is 15.1. The van der Waals surface area contributed by atoms with Crippen LogP contribution in [0.1, 0.15) is 20.3 Å². The number of allylic oxidation sites excluding steroid dienone is 1. The molecule has 2 N–H and O–H groups in total. The van der Waals surface area contributed by atoms with Gasteiger partial charge in [-0.05, 0) is 26.8 Å². The second kappa shape index (κ2) is 3.88. The van der Waals surface area contributed by atoms with Crippen LogP contribution in [-0.2, 0) is 0 Å². The van der Waals surface area contributed by atoms with Gasteiger partial charge in [0.25, 0.3) is 0 Å². The van der Waals surface area contributed by atoms with Gasteiger partial charge in [0, 0.05) is 18.6 Å². The topological polar surface area (TPSA) is 24.1 Å². The predicted molar refractivity (Wildman–Crippen MR) is 48.7 cm³/mol. The molecular weight excluding hydrogens is 136 g/mol. The van der Waals surface area contributed by atoms with Crippen LogP contribution in [0, 0.1) is 0 Å². The number of hydrogen-bond acceptors (Lipinski definition) is 2. The summed E-state index contributed by atoms with van der Waals surface area (Å²) in [4.78, 5) is 0. The zero-order chi connectivity index (χ0) is 8.16. The second-order valence-electron chi connectivity index (χ2n) is 3.44. The summed E-state index contributed by atoms with van der Waals surface area (Å²) < 4.78 is 0. The SMILES string of the molecule is C/C=C/CNC1(C)CCNC1. The van der Waals surface area contributed by atoms with E-state index < -0.39 is 0 Å². The van der Waals surface area contributed by atoms with Crippen LogP contribution in [0.3, 0.4) is 0 Å². The lowest BCUT2D eigenvalue weighted by Crippen LogP contribution is -2.44. The van der Waals surface area contributed by atoms with Crippen molar-refractivity contribution in [3.63, 3.8) is 0 Å². The zero-order valence-electron chi connectivity index (χ0n) is 7.48. The summed E-state index contributed by atoms with van der Waals surface area (Å²) in [5, 5.41) is 6.86. The first-order chi connectivity index (χ1) is 5.27. The third-order valence-corrected chi connectivity index (χ3v) is 2.25. The molecule has 1 aliphatic rings. The van der Waals surface area contributed by atoms with Gasteiger partial charge >= 0.3 is 0 Å². The Morgan fingerprint density at radius 1 is 1.64 bits per heavy atom. The molecule has 0 radical (unpaired) electrons. The molecule has 1 rings (SSSR count). The van der Waals surface area contributed by atoms with Gasteiger partial charge < -0.3 is 10.6 Å². The highest BCUT2D eigenvalue weighted by Crippen LogP contribution is 2.12. The first-order valence-electron chi connectivity index (χ1n) is 4.34. The molecule has 0 bridgehead atoms. The maximum Gasteiger partial charge on any atom is 0.0292 e. The van der Waals surface area contributed by atoms with E-state index in [4.69, 9.17) is 0 Å². The number of nitrogens with one attached hydrogen (secondary N) is 2. The summed E-state index contributed by atoms with van der Waals surface area (Å²) >= 11 is 0. The molecule has 11 heavy (non-hydrogen) atoms. The van der Waals surface area contributed by atoms with Gasteiger partial charge in [-0.15, -0.1) is 0 Å². The van der Waals surface area contributed by atoms with Crippen LogP contribution < -0.4 is 10.6 Å². The van der Waals surface area contributed by atoms with Crippen molar-refractivity contribution in [1.82, 2.24) is 10.6 Å². The molecule has 1 unspecified atom stereocenters. The third-order valence-electron chi connectivity index (χ3n) is 2.25. The van der Waals surface area contributed by atoms with Gasteiger partial charge in [0.15, 0.2) is 0 Å². The Labute approximate surface area is 69.1 Å². The second-order valence-corrected chi connectivity index (χ2v) is 3.44. The molecule has 1 aliphatic heterocycles. The summed E-state index contributed by atoms with van der Waals surface area (Å²) in [6.07, 6.45) is 5.48. The standard InChI is InChI=1S/C9H18N2/c1-3-4-6-11-9(2)5-7-10-8-9/h3-4,10-11H,5-8H2,1-2H3/b4-3+. The van der Waals surface area contributed by atoms with Crippen LogP contribution in [-0.4, -0.2) is 25.2 Å². The zero-order valence-corrected chi connectivity index (χ0v) is 7.48. The Morgan fingerprint density at radius 3 is 3.00 bits per heavy atom. The molecule has 1 atom stereocenters. The lowest BCUT2D eigenvalue weighted by Gasteiger charge is -2.23. The molecule has 0 amide bonds. The van der Waals surface area contributed by atoms with Crippen LogP contribution in [0.25, 0.3) is 0 Å². The first kappa shape index (κ1) is 8.75. The van der Waals surface area contributed by atoms with E-state index in [1.165, 1.54) is 6.42 Å². The average molecular weight is 154 g/mol. The highest BCUT2D eigenvalue weighted by Gasteiger charge is 2.26. The molecular formula is C9H18N2. The van der Waals surface area contributed by atoms with Gasteiger partial charge in [-0.2, -0.15) is 0 Å². The minimum Gasteiger partial charge on any atom is -0.315 e. The minimum atomic E-state index is 0.333. The lowest BCUT2D eigenvalue weighted by molar-refractivity contribution is 0.407. The van der Waals surface area contributed by atoms with E-state index in [0.717, 1.165) is 19.6 Å². The molecule has 0 aromatic heterocycles. The summed E-state index contributed by atoms with van der Waals surface area (Å²) in [5.74, 6) is 0. The van der Waals surface area contributed by atoms with E-state index in [2.05, 4.69) is 36.6 Å². The van der Waals surface area contributed by atoms with Gasteiger partial charge in [0.05, 0.1) is 0 Å². The highest BCUT2D eigenvalue weighted by molar-refractivity contribution is 4.94. The Kier molecular flexibility index (Phi) is 3.09. The van der Waals surface area contributed by atoms with Crippen LogP contribution in [0.15, 0.2) is 12.2 Å². The fourth-order valence-corrected chi connectivity index (χ4v) is 1.39. The Hall–Kier alpha value is -0.340. The van der Waals surface area contributed by atoms with E-state index in [-0.39, 0.29) is 0 Å². The van der Waals surface area contributed by atoms with Crippen LogP contribution in [0.5, 0.6) is 0 Å². The molecule has 1 heterocycles. The lowest BCUT2D eigenvalue weighted by atomic mass is 10.0. The number of hydrogen-bond donors (Lipinski definition) is 2. The van der Waals surface area contributed by atoms with Gasteiger partial charge in [0.2, 0.25) is 0 Å². The molecule has 0 saturated carbocycles. The molecule has 0 aromatic carbocycles. The Morgan fingerprint density at radius 2 is 2.45 bits per heavy atom. The van der Waals surface area contributed by atoms with Gasteiger partial charge in [0.1, 0.15) is 0 Å². The van der Waals surface area contributed by atoms with E-state index in [1.807, 2.05) is 0 Å². The quantitative estimate of drug-likeness (QED) is 0.590. The molecule has 0 aromatic rings. The van der Waals surface area contributed by atoms with E-state index in [0.29, 0.717) is 5.54 Å². The normalized spacial score (nSPS) is 31.8. The summed E-state index contributed by atoms with van der Waals surface area (Å²) in [5.41, 5.74) is 0.333. The fourth-order valence-electron chi connectivity index (χ4n) is 1.39. The van der Waals surface area contributed by atoms with Gasteiger partial charge in [-0.25, -0.2) is 0 Å². The monoisotopic (exact) mass is 154 g/mol. The minimum absolute atomic E-state index is 0.333. The van der Waals surface area contributed by atoms with Crippen molar-refractivity contribution in [2.24, 2.45) is 0 Å². The fraction of sp³-hybridized carbons (Fsp3) is 0.778. The van der Waals surface area contributed by atoms with Crippen LogP contribution in [0.2, 0.25) is 0 Å². The van der Waals surface area contributed by atoms with Crippen molar-refractivity contribution >= 4 is 0 Å². The van der Waals surface area contributed by atoms with Crippen molar-refractivity contribution in [2.75, 3.05) is 19.6 Å². The van der Waals surface area contributed by atoms with Crippen molar-refractivity contribution in [1.29, 1.82) is 0 Å². The molecule has 0 aliphatic carbocycles. The van der Waals surface area contributed by atoms with E-state index in [9.17, 15) is 0 Å². The van der Waals surface area contributed by atoms with Crippen molar-refractivity contribution in [2.45, 2.75) is 25.8 Å². The van der Waals surface area contributed by atoms with Crippen molar-refractivity contribution in [3.8, 4) is 0 Å². The van der Waals surface area contributed by atoms with Gasteiger partial charge in [-0.1, -0.05) is 12.2 Å². The maximum atomic E-state index is 3.51. The van der Waals surface area contributed by atoms with Crippen LogP contribution in [0.4, 0.5) is 0 Å². The van der Waals surface area contributed by atoms with Crippen molar-refractivity contribution < 1.29 is 0 Å². The summed E-state index contributed by atoms with van der Waals surface area (Å²) in [6, 6.07) is 0. The maximum absolute atomic E-state index is 3.51. The average Bonchev–Trinajstić information content (AvgIpc) is 2.38. The summed E-state index contributed by atoms with van der Waals surface area (Å²) in [7, 11) is 0. The predicted octanol–water partition coefficient (Wildman–Crippen LogP) is 0.904. The molecule has 1 saturated heterocycles. The smallest absolute Gasteiger partial charge is 0.0292 e.